The number of phenolic OH excluding ortho intramolecular Hbond substituents is 1. The lowest BCUT2D eigenvalue weighted by Crippen LogP contribution is -2.05. The Bertz CT molecular complexity index is 1810. The summed E-state index contributed by atoms with van der Waals surface area (Å²) < 4.78 is 33.4. The first-order chi connectivity index (χ1) is 17.7. The SMILES string of the molecule is CNc1nc(Cl)nc(Nc2cc(S(=O)(=O)O)cc3ccc(N=Nc4ccc5ccccc5c4)c(O)c23)n1. The van der Waals surface area contributed by atoms with Gasteiger partial charge in [0.1, 0.15) is 5.69 Å². The van der Waals surface area contributed by atoms with Gasteiger partial charge in [-0.2, -0.15) is 28.5 Å². The first-order valence-electron chi connectivity index (χ1n) is 10.8. The van der Waals surface area contributed by atoms with Crippen LogP contribution in [0.15, 0.2) is 81.9 Å². The third kappa shape index (κ3) is 5.11. The molecule has 5 aromatic rings. The van der Waals surface area contributed by atoms with E-state index in [1.807, 2.05) is 36.4 Å². The Morgan fingerprint density at radius 2 is 1.59 bits per heavy atom. The molecule has 0 bridgehead atoms. The van der Waals surface area contributed by atoms with E-state index in [1.54, 1.807) is 19.2 Å². The lowest BCUT2D eigenvalue weighted by molar-refractivity contribution is 0.480. The third-order valence-corrected chi connectivity index (χ3v) is 6.43. The molecule has 1 heterocycles. The average molecular weight is 536 g/mol. The summed E-state index contributed by atoms with van der Waals surface area (Å²) in [6, 6.07) is 18.8. The number of rotatable bonds is 6. The van der Waals surface area contributed by atoms with Crippen LogP contribution in [0.25, 0.3) is 21.5 Å². The van der Waals surface area contributed by atoms with E-state index in [2.05, 4.69) is 35.8 Å². The van der Waals surface area contributed by atoms with Gasteiger partial charge in [-0.3, -0.25) is 4.55 Å². The third-order valence-electron chi connectivity index (χ3n) is 5.42. The van der Waals surface area contributed by atoms with Gasteiger partial charge in [-0.15, -0.1) is 5.11 Å². The van der Waals surface area contributed by atoms with Gasteiger partial charge in [0.2, 0.25) is 17.2 Å². The Balaban J connectivity index is 1.62. The van der Waals surface area contributed by atoms with E-state index in [0.717, 1.165) is 16.8 Å². The van der Waals surface area contributed by atoms with Crippen LogP contribution in [0.1, 0.15) is 0 Å². The van der Waals surface area contributed by atoms with Crippen LogP contribution in [0.2, 0.25) is 5.28 Å². The smallest absolute Gasteiger partial charge is 0.294 e. The summed E-state index contributed by atoms with van der Waals surface area (Å²) in [5.41, 5.74) is 0.792. The minimum Gasteiger partial charge on any atom is -0.505 e. The van der Waals surface area contributed by atoms with Crippen LogP contribution < -0.4 is 10.6 Å². The maximum Gasteiger partial charge on any atom is 0.294 e. The Labute approximate surface area is 215 Å². The molecule has 0 spiro atoms. The Kier molecular flexibility index (Phi) is 6.29. The van der Waals surface area contributed by atoms with Crippen LogP contribution in [0.3, 0.4) is 0 Å². The lowest BCUT2D eigenvalue weighted by Gasteiger charge is -2.13. The quantitative estimate of drug-likeness (QED) is 0.151. The second-order valence-corrected chi connectivity index (χ2v) is 9.60. The molecule has 0 amide bonds. The van der Waals surface area contributed by atoms with Crippen molar-refractivity contribution in [3.63, 3.8) is 0 Å². The van der Waals surface area contributed by atoms with Gasteiger partial charge in [-0.05, 0) is 58.1 Å². The number of aromatic nitrogens is 3. The van der Waals surface area contributed by atoms with Crippen molar-refractivity contribution in [2.75, 3.05) is 17.7 Å². The van der Waals surface area contributed by atoms with Crippen molar-refractivity contribution in [1.82, 2.24) is 15.0 Å². The van der Waals surface area contributed by atoms with Crippen molar-refractivity contribution in [3.8, 4) is 5.75 Å². The minimum absolute atomic E-state index is 0.0271. The second kappa shape index (κ2) is 9.58. The largest absolute Gasteiger partial charge is 0.505 e. The van der Waals surface area contributed by atoms with Gasteiger partial charge in [-0.25, -0.2) is 0 Å². The normalized spacial score (nSPS) is 11.9. The van der Waals surface area contributed by atoms with Crippen molar-refractivity contribution in [2.45, 2.75) is 4.90 Å². The fourth-order valence-corrected chi connectivity index (χ4v) is 4.43. The predicted octanol–water partition coefficient (Wildman–Crippen LogP) is 5.98. The molecular weight excluding hydrogens is 518 g/mol. The van der Waals surface area contributed by atoms with E-state index in [9.17, 15) is 18.1 Å². The number of azo groups is 1. The van der Waals surface area contributed by atoms with E-state index in [-0.39, 0.29) is 39.7 Å². The summed E-state index contributed by atoms with van der Waals surface area (Å²) in [4.78, 5) is 11.6. The molecule has 5 rings (SSSR count). The summed E-state index contributed by atoms with van der Waals surface area (Å²) in [5, 5.41) is 27.6. The molecule has 0 aliphatic heterocycles. The molecule has 1 aromatic heterocycles. The van der Waals surface area contributed by atoms with Gasteiger partial charge >= 0.3 is 0 Å². The number of anilines is 3. The molecule has 0 unspecified atom stereocenters. The van der Waals surface area contributed by atoms with Crippen LogP contribution in [0.4, 0.5) is 29.0 Å². The zero-order valence-electron chi connectivity index (χ0n) is 19.1. The van der Waals surface area contributed by atoms with Crippen molar-refractivity contribution in [1.29, 1.82) is 0 Å². The molecule has 13 heteroatoms. The standard InChI is InChI=1S/C24H18ClN7O4S/c1-26-23-28-22(25)29-24(30-23)27-19-12-17(37(34,35)36)11-15-7-9-18(21(33)20(15)19)32-31-16-8-6-13-4-2-3-5-14(13)10-16/h2-12,33H,1H3,(H,34,35,36)(H2,26,27,28,29,30). The predicted molar refractivity (Wildman–Crippen MR) is 141 cm³/mol. The monoisotopic (exact) mass is 535 g/mol. The molecular formula is C24H18ClN7O4S. The molecule has 0 aliphatic rings. The molecule has 11 nitrogen and oxygen atoms in total. The fourth-order valence-electron chi connectivity index (χ4n) is 3.73. The van der Waals surface area contributed by atoms with Crippen LogP contribution in [0, 0.1) is 0 Å². The molecule has 0 atom stereocenters. The van der Waals surface area contributed by atoms with E-state index in [4.69, 9.17) is 11.6 Å². The summed E-state index contributed by atoms with van der Waals surface area (Å²) in [7, 11) is -2.99. The Morgan fingerprint density at radius 1 is 0.865 bits per heavy atom. The van der Waals surface area contributed by atoms with Crippen LogP contribution in [0.5, 0.6) is 5.75 Å². The minimum atomic E-state index is -4.57. The van der Waals surface area contributed by atoms with Gasteiger partial charge in [0.15, 0.2) is 5.75 Å². The zero-order valence-corrected chi connectivity index (χ0v) is 20.7. The highest BCUT2D eigenvalue weighted by Gasteiger charge is 2.19. The molecule has 4 aromatic carbocycles. The molecule has 4 N–H and O–H groups in total. The maximum atomic E-state index is 11.9. The Morgan fingerprint density at radius 3 is 2.35 bits per heavy atom. The van der Waals surface area contributed by atoms with Crippen molar-refractivity contribution in [2.24, 2.45) is 10.2 Å². The molecule has 0 saturated heterocycles. The molecule has 186 valence electrons. The number of aromatic hydroxyl groups is 1. The molecule has 0 saturated carbocycles. The van der Waals surface area contributed by atoms with Crippen LogP contribution >= 0.6 is 11.6 Å². The summed E-state index contributed by atoms with van der Waals surface area (Å²) in [5.74, 6) is -0.145. The van der Waals surface area contributed by atoms with Crippen molar-refractivity contribution in [3.05, 3.63) is 72.0 Å². The number of nitrogens with zero attached hydrogens (tertiary/aromatic N) is 5. The molecule has 0 radical (unpaired) electrons. The average Bonchev–Trinajstić information content (AvgIpc) is 2.87. The van der Waals surface area contributed by atoms with E-state index >= 15 is 0 Å². The topological polar surface area (TPSA) is 162 Å². The number of phenols is 1. The molecule has 0 fully saturated rings. The first kappa shape index (κ1) is 24.3. The number of halogens is 1. The highest BCUT2D eigenvalue weighted by molar-refractivity contribution is 7.85. The highest BCUT2D eigenvalue weighted by atomic mass is 35.5. The van der Waals surface area contributed by atoms with E-state index in [1.165, 1.54) is 12.1 Å². The van der Waals surface area contributed by atoms with Gasteiger partial charge in [0, 0.05) is 12.4 Å². The van der Waals surface area contributed by atoms with Gasteiger partial charge in [0.25, 0.3) is 10.1 Å². The molecule has 0 aliphatic carbocycles. The van der Waals surface area contributed by atoms with E-state index in [0.29, 0.717) is 11.1 Å². The molecule has 37 heavy (non-hydrogen) atoms. The lowest BCUT2D eigenvalue weighted by atomic mass is 10.1. The van der Waals surface area contributed by atoms with Crippen molar-refractivity contribution < 1.29 is 18.1 Å². The number of nitrogens with one attached hydrogen (secondary N) is 2. The fraction of sp³-hybridized carbons (Fsp3) is 0.0417. The van der Waals surface area contributed by atoms with Crippen molar-refractivity contribution >= 4 is 72.2 Å². The maximum absolute atomic E-state index is 11.9. The van der Waals surface area contributed by atoms with Gasteiger partial charge in [0.05, 0.1) is 16.3 Å². The van der Waals surface area contributed by atoms with Gasteiger partial charge < -0.3 is 15.7 Å². The number of hydrogen-bond donors (Lipinski definition) is 4. The summed E-state index contributed by atoms with van der Waals surface area (Å²) in [6.45, 7) is 0. The number of benzene rings is 4. The van der Waals surface area contributed by atoms with Gasteiger partial charge in [-0.1, -0.05) is 36.4 Å². The Hall–Kier alpha value is -4.39. The van der Waals surface area contributed by atoms with Crippen LogP contribution in [-0.4, -0.2) is 40.1 Å². The highest BCUT2D eigenvalue weighted by Crippen LogP contribution is 2.41. The second-order valence-electron chi connectivity index (χ2n) is 7.84. The van der Waals surface area contributed by atoms with E-state index < -0.39 is 15.0 Å². The summed E-state index contributed by atoms with van der Waals surface area (Å²) in [6.07, 6.45) is 0. The number of fused-ring (bicyclic) bond motifs is 2. The zero-order chi connectivity index (χ0) is 26.2. The first-order valence-corrected chi connectivity index (χ1v) is 12.6. The van der Waals surface area contributed by atoms with Crippen LogP contribution in [-0.2, 0) is 10.1 Å². The summed E-state index contributed by atoms with van der Waals surface area (Å²) >= 11 is 5.95. The number of hydrogen-bond acceptors (Lipinski definition) is 10.